The molecule has 0 saturated heterocycles. The number of nitriles is 1. The monoisotopic (exact) mass is 292 g/mol. The number of benzene rings is 2. The Labute approximate surface area is 129 Å². The maximum Gasteiger partial charge on any atom is 0.205 e. The molecule has 4 nitrogen and oxygen atoms in total. The predicted molar refractivity (Wildman–Crippen MR) is 83.3 cm³/mol. The van der Waals surface area contributed by atoms with E-state index in [9.17, 15) is 10.4 Å². The van der Waals surface area contributed by atoms with Gasteiger partial charge in [0.2, 0.25) is 5.88 Å². The van der Waals surface area contributed by atoms with Crippen LogP contribution in [0.2, 0.25) is 0 Å². The molecule has 110 valence electrons. The van der Waals surface area contributed by atoms with Crippen LogP contribution in [0.15, 0.2) is 47.9 Å². The quantitative estimate of drug-likeness (QED) is 0.845. The van der Waals surface area contributed by atoms with Crippen molar-refractivity contribution in [1.29, 1.82) is 5.26 Å². The fourth-order valence-electron chi connectivity index (χ4n) is 3.00. The van der Waals surface area contributed by atoms with Crippen molar-refractivity contribution in [3.05, 3.63) is 70.1 Å². The molecule has 0 amide bonds. The van der Waals surface area contributed by atoms with Crippen LogP contribution >= 0.6 is 0 Å². The fraction of sp³-hybridized carbons (Fsp3) is 0.167. The van der Waals surface area contributed by atoms with Gasteiger partial charge in [0.1, 0.15) is 23.1 Å². The van der Waals surface area contributed by atoms with Crippen molar-refractivity contribution >= 4 is 0 Å². The van der Waals surface area contributed by atoms with Gasteiger partial charge in [-0.15, -0.1) is 0 Å². The van der Waals surface area contributed by atoms with Crippen molar-refractivity contribution < 1.29 is 9.84 Å². The highest BCUT2D eigenvalue weighted by Gasteiger charge is 2.33. The van der Waals surface area contributed by atoms with Gasteiger partial charge in [-0.2, -0.15) is 5.26 Å². The lowest BCUT2D eigenvalue weighted by molar-refractivity contribution is 0.387. The van der Waals surface area contributed by atoms with Crippen molar-refractivity contribution in [3.8, 4) is 17.6 Å². The summed E-state index contributed by atoms with van der Waals surface area (Å²) in [7, 11) is 0. The summed E-state index contributed by atoms with van der Waals surface area (Å²) in [5, 5.41) is 19.3. The third-order valence-corrected chi connectivity index (χ3v) is 4.02. The third kappa shape index (κ3) is 2.08. The number of allylic oxidation sites excluding steroid dienone is 1. The molecule has 1 aliphatic rings. The minimum absolute atomic E-state index is 0.0910. The topological polar surface area (TPSA) is 79.3 Å². The van der Waals surface area contributed by atoms with Crippen LogP contribution in [-0.2, 0) is 0 Å². The summed E-state index contributed by atoms with van der Waals surface area (Å²) in [6.07, 6.45) is 0. The average Bonchev–Trinajstić information content (AvgIpc) is 2.46. The van der Waals surface area contributed by atoms with E-state index in [-0.39, 0.29) is 17.6 Å². The normalized spacial score (nSPS) is 16.7. The van der Waals surface area contributed by atoms with Crippen molar-refractivity contribution in [1.82, 2.24) is 0 Å². The Bertz CT molecular complexity index is 831. The Kier molecular flexibility index (Phi) is 3.26. The summed E-state index contributed by atoms with van der Waals surface area (Å²) in [5.74, 6) is 0.430. The first-order chi connectivity index (χ1) is 10.5. The number of ether oxygens (including phenoxy) is 1. The maximum absolute atomic E-state index is 9.79. The number of rotatable bonds is 1. The van der Waals surface area contributed by atoms with Crippen LogP contribution in [0.1, 0.15) is 28.2 Å². The van der Waals surface area contributed by atoms with E-state index in [1.165, 1.54) is 6.07 Å². The van der Waals surface area contributed by atoms with E-state index >= 15 is 0 Å². The standard InChI is InChI=1S/C18H16N2O2/c1-10-5-3-4-6-13(10)17-14(9-19)18(20)22-15-8-12(21)7-11(2)16(15)17/h3-8,17,21H,20H2,1-2H3. The number of aromatic hydroxyl groups is 1. The number of phenolic OH excluding ortho intramolecular Hbond substituents is 1. The van der Waals surface area contributed by atoms with E-state index in [2.05, 4.69) is 6.07 Å². The molecule has 0 aromatic heterocycles. The number of aryl methyl sites for hydroxylation is 2. The zero-order valence-corrected chi connectivity index (χ0v) is 12.4. The SMILES string of the molecule is Cc1ccccc1C1C(C#N)=C(N)Oc2cc(O)cc(C)c21. The fourth-order valence-corrected chi connectivity index (χ4v) is 3.00. The molecule has 2 aromatic rings. The Morgan fingerprint density at radius 3 is 2.59 bits per heavy atom. The molecule has 0 bridgehead atoms. The molecular formula is C18H16N2O2. The molecule has 1 heterocycles. The highest BCUT2D eigenvalue weighted by molar-refractivity contribution is 5.60. The first-order valence-electron chi connectivity index (χ1n) is 6.99. The molecule has 1 unspecified atom stereocenters. The molecule has 0 aliphatic carbocycles. The van der Waals surface area contributed by atoms with Gasteiger partial charge in [-0.1, -0.05) is 24.3 Å². The predicted octanol–water partition coefficient (Wildman–Crippen LogP) is 3.23. The smallest absolute Gasteiger partial charge is 0.205 e. The number of nitrogens with zero attached hydrogens (tertiary/aromatic N) is 1. The second-order valence-electron chi connectivity index (χ2n) is 5.46. The largest absolute Gasteiger partial charge is 0.508 e. The summed E-state index contributed by atoms with van der Waals surface area (Å²) in [6.45, 7) is 3.90. The molecule has 3 N–H and O–H groups in total. The van der Waals surface area contributed by atoms with Gasteiger partial charge in [-0.3, -0.25) is 0 Å². The minimum Gasteiger partial charge on any atom is -0.508 e. The molecule has 0 fully saturated rings. The Morgan fingerprint density at radius 2 is 1.91 bits per heavy atom. The summed E-state index contributed by atoms with van der Waals surface area (Å²) < 4.78 is 5.56. The molecule has 1 aliphatic heterocycles. The minimum atomic E-state index is -0.282. The molecule has 2 aromatic carbocycles. The van der Waals surface area contributed by atoms with E-state index in [0.717, 1.165) is 22.3 Å². The lowest BCUT2D eigenvalue weighted by Crippen LogP contribution is -2.22. The second kappa shape index (κ2) is 5.12. The molecule has 1 atom stereocenters. The first kappa shape index (κ1) is 14.0. The molecule has 0 spiro atoms. The molecular weight excluding hydrogens is 276 g/mol. The van der Waals surface area contributed by atoms with E-state index in [1.54, 1.807) is 6.07 Å². The van der Waals surface area contributed by atoms with Gasteiger partial charge in [-0.25, -0.2) is 0 Å². The Morgan fingerprint density at radius 1 is 1.18 bits per heavy atom. The molecule has 4 heteroatoms. The van der Waals surface area contributed by atoms with Gasteiger partial charge in [0, 0.05) is 11.6 Å². The summed E-state index contributed by atoms with van der Waals surface area (Å²) in [5.41, 5.74) is 10.2. The zero-order chi connectivity index (χ0) is 15.9. The van der Waals surface area contributed by atoms with Gasteiger partial charge < -0.3 is 15.6 Å². The molecule has 0 saturated carbocycles. The van der Waals surface area contributed by atoms with Crippen molar-refractivity contribution in [2.75, 3.05) is 0 Å². The number of nitrogens with two attached hydrogens (primary N) is 1. The Balaban J connectivity index is 2.33. The number of hydrogen-bond donors (Lipinski definition) is 2. The Hall–Kier alpha value is -2.93. The number of fused-ring (bicyclic) bond motifs is 1. The zero-order valence-electron chi connectivity index (χ0n) is 12.4. The van der Waals surface area contributed by atoms with Crippen LogP contribution in [0.25, 0.3) is 0 Å². The van der Waals surface area contributed by atoms with E-state index in [4.69, 9.17) is 10.5 Å². The van der Waals surface area contributed by atoms with E-state index in [1.807, 2.05) is 38.1 Å². The molecule has 0 radical (unpaired) electrons. The summed E-state index contributed by atoms with van der Waals surface area (Å²) >= 11 is 0. The van der Waals surface area contributed by atoms with Crippen LogP contribution < -0.4 is 10.5 Å². The first-order valence-corrected chi connectivity index (χ1v) is 6.99. The lowest BCUT2D eigenvalue weighted by Gasteiger charge is -2.29. The van der Waals surface area contributed by atoms with Gasteiger partial charge in [0.25, 0.3) is 0 Å². The molecule has 3 rings (SSSR count). The summed E-state index contributed by atoms with van der Waals surface area (Å²) in [6, 6.07) is 13.3. The van der Waals surface area contributed by atoms with Crippen molar-refractivity contribution in [3.63, 3.8) is 0 Å². The van der Waals surface area contributed by atoms with Crippen LogP contribution in [0.3, 0.4) is 0 Å². The molecule has 22 heavy (non-hydrogen) atoms. The van der Waals surface area contributed by atoms with E-state index in [0.29, 0.717) is 11.3 Å². The van der Waals surface area contributed by atoms with Crippen molar-refractivity contribution in [2.45, 2.75) is 19.8 Å². The second-order valence-corrected chi connectivity index (χ2v) is 5.46. The highest BCUT2D eigenvalue weighted by Crippen LogP contribution is 2.45. The van der Waals surface area contributed by atoms with Crippen LogP contribution in [0, 0.1) is 25.2 Å². The van der Waals surface area contributed by atoms with Gasteiger partial charge in [0.15, 0.2) is 0 Å². The average molecular weight is 292 g/mol. The van der Waals surface area contributed by atoms with E-state index < -0.39 is 0 Å². The van der Waals surface area contributed by atoms with Crippen LogP contribution in [0.5, 0.6) is 11.5 Å². The van der Waals surface area contributed by atoms with Gasteiger partial charge in [-0.05, 0) is 36.6 Å². The maximum atomic E-state index is 9.79. The third-order valence-electron chi connectivity index (χ3n) is 4.02. The van der Waals surface area contributed by atoms with Gasteiger partial charge in [0.05, 0.1) is 5.92 Å². The number of hydrogen-bond acceptors (Lipinski definition) is 4. The van der Waals surface area contributed by atoms with Crippen LogP contribution in [0.4, 0.5) is 0 Å². The lowest BCUT2D eigenvalue weighted by atomic mass is 9.80. The van der Waals surface area contributed by atoms with Crippen LogP contribution in [-0.4, -0.2) is 5.11 Å². The highest BCUT2D eigenvalue weighted by atomic mass is 16.5. The number of phenols is 1. The van der Waals surface area contributed by atoms with Gasteiger partial charge >= 0.3 is 0 Å². The van der Waals surface area contributed by atoms with Crippen molar-refractivity contribution in [2.24, 2.45) is 5.73 Å². The summed E-state index contributed by atoms with van der Waals surface area (Å²) in [4.78, 5) is 0.